The van der Waals surface area contributed by atoms with Crippen LogP contribution in [0.3, 0.4) is 0 Å². The second-order valence-corrected chi connectivity index (χ2v) is 4.77. The summed E-state index contributed by atoms with van der Waals surface area (Å²) in [5, 5.41) is 0. The standard InChI is InChI=1S/C14H17N/c1-4-9-14(10-5-1)13-7-3-2-6-12(13)8-11-15-14/h2-3,6-7,11H,1,4-5,8-10H2. The van der Waals surface area contributed by atoms with E-state index in [1.54, 1.807) is 0 Å². The van der Waals surface area contributed by atoms with Crippen LogP contribution in [0.1, 0.15) is 43.2 Å². The predicted octanol–water partition coefficient (Wildman–Crippen LogP) is 3.47. The van der Waals surface area contributed by atoms with Crippen LogP contribution in [0.25, 0.3) is 0 Å². The van der Waals surface area contributed by atoms with E-state index in [1.807, 2.05) is 0 Å². The zero-order valence-electron chi connectivity index (χ0n) is 9.08. The lowest BCUT2D eigenvalue weighted by molar-refractivity contribution is 0.301. The maximum Gasteiger partial charge on any atom is 0.0855 e. The molecule has 78 valence electrons. The molecule has 1 spiro atoms. The SMILES string of the molecule is C1=NC2(CCCCC2)c2ccccc2C1. The van der Waals surface area contributed by atoms with Gasteiger partial charge in [-0.1, -0.05) is 43.5 Å². The molecule has 1 aliphatic carbocycles. The lowest BCUT2D eigenvalue weighted by Gasteiger charge is -2.37. The van der Waals surface area contributed by atoms with Gasteiger partial charge in [0.15, 0.2) is 0 Å². The Morgan fingerprint density at radius 2 is 1.80 bits per heavy atom. The maximum atomic E-state index is 4.84. The van der Waals surface area contributed by atoms with Gasteiger partial charge in [-0.15, -0.1) is 0 Å². The second-order valence-electron chi connectivity index (χ2n) is 4.77. The quantitative estimate of drug-likeness (QED) is 0.606. The summed E-state index contributed by atoms with van der Waals surface area (Å²) >= 11 is 0. The van der Waals surface area contributed by atoms with Gasteiger partial charge in [-0.25, -0.2) is 0 Å². The fraction of sp³-hybridized carbons (Fsp3) is 0.500. The van der Waals surface area contributed by atoms with Crippen LogP contribution in [0, 0.1) is 0 Å². The van der Waals surface area contributed by atoms with Crippen molar-refractivity contribution >= 4 is 6.21 Å². The Bertz CT molecular complexity index is 386. The molecule has 1 saturated carbocycles. The minimum Gasteiger partial charge on any atom is -0.286 e. The third-order valence-corrected chi connectivity index (χ3v) is 3.85. The molecular weight excluding hydrogens is 182 g/mol. The van der Waals surface area contributed by atoms with Crippen molar-refractivity contribution in [2.75, 3.05) is 0 Å². The van der Waals surface area contributed by atoms with Gasteiger partial charge in [-0.2, -0.15) is 0 Å². The maximum absolute atomic E-state index is 4.84. The summed E-state index contributed by atoms with van der Waals surface area (Å²) in [6.07, 6.45) is 9.73. The van der Waals surface area contributed by atoms with Crippen molar-refractivity contribution in [3.63, 3.8) is 0 Å². The third kappa shape index (κ3) is 1.41. The summed E-state index contributed by atoms with van der Waals surface area (Å²) in [4.78, 5) is 4.84. The van der Waals surface area contributed by atoms with Crippen LogP contribution in [-0.2, 0) is 12.0 Å². The Kier molecular flexibility index (Phi) is 2.12. The number of aliphatic imine (C=N–C) groups is 1. The van der Waals surface area contributed by atoms with E-state index in [0.717, 1.165) is 6.42 Å². The zero-order chi connectivity index (χ0) is 10.1. The fourth-order valence-corrected chi connectivity index (χ4v) is 3.08. The van der Waals surface area contributed by atoms with Crippen molar-refractivity contribution in [3.8, 4) is 0 Å². The number of hydrogen-bond donors (Lipinski definition) is 0. The Morgan fingerprint density at radius 1 is 1.00 bits per heavy atom. The molecule has 0 aromatic heterocycles. The first-order valence-electron chi connectivity index (χ1n) is 6.03. The average molecular weight is 199 g/mol. The Balaban J connectivity index is 2.08. The van der Waals surface area contributed by atoms with E-state index in [9.17, 15) is 0 Å². The average Bonchev–Trinajstić information content (AvgIpc) is 2.31. The molecule has 0 saturated heterocycles. The van der Waals surface area contributed by atoms with Gasteiger partial charge in [0, 0.05) is 12.6 Å². The van der Waals surface area contributed by atoms with E-state index >= 15 is 0 Å². The number of nitrogens with zero attached hydrogens (tertiary/aromatic N) is 1. The van der Waals surface area contributed by atoms with Crippen LogP contribution >= 0.6 is 0 Å². The van der Waals surface area contributed by atoms with Crippen LogP contribution in [0.5, 0.6) is 0 Å². The zero-order valence-corrected chi connectivity index (χ0v) is 9.08. The molecule has 1 heterocycles. The number of hydrogen-bond acceptors (Lipinski definition) is 1. The van der Waals surface area contributed by atoms with Gasteiger partial charge in [-0.05, 0) is 24.0 Å². The molecule has 1 heteroatoms. The molecule has 0 bridgehead atoms. The Hall–Kier alpha value is -1.11. The minimum absolute atomic E-state index is 0.160. The van der Waals surface area contributed by atoms with Gasteiger partial charge in [0.1, 0.15) is 0 Å². The minimum atomic E-state index is 0.160. The van der Waals surface area contributed by atoms with Crippen molar-refractivity contribution < 1.29 is 0 Å². The first-order chi connectivity index (χ1) is 7.41. The van der Waals surface area contributed by atoms with E-state index in [-0.39, 0.29) is 5.54 Å². The highest BCUT2D eigenvalue weighted by atomic mass is 14.9. The van der Waals surface area contributed by atoms with Gasteiger partial charge in [0.05, 0.1) is 5.54 Å². The van der Waals surface area contributed by atoms with Gasteiger partial charge in [-0.3, -0.25) is 4.99 Å². The molecule has 15 heavy (non-hydrogen) atoms. The molecule has 0 N–H and O–H groups in total. The van der Waals surface area contributed by atoms with Crippen molar-refractivity contribution in [1.29, 1.82) is 0 Å². The van der Waals surface area contributed by atoms with Crippen LogP contribution in [0.4, 0.5) is 0 Å². The van der Waals surface area contributed by atoms with E-state index in [0.29, 0.717) is 0 Å². The molecule has 1 aromatic carbocycles. The molecule has 2 aliphatic rings. The molecule has 0 amide bonds. The largest absolute Gasteiger partial charge is 0.286 e. The summed E-state index contributed by atoms with van der Waals surface area (Å²) in [6.45, 7) is 0. The van der Waals surface area contributed by atoms with Crippen LogP contribution in [-0.4, -0.2) is 6.21 Å². The predicted molar refractivity (Wildman–Crippen MR) is 63.4 cm³/mol. The normalized spacial score (nSPS) is 22.7. The molecule has 1 aromatic rings. The van der Waals surface area contributed by atoms with Crippen LogP contribution in [0.2, 0.25) is 0 Å². The topological polar surface area (TPSA) is 12.4 Å². The van der Waals surface area contributed by atoms with Crippen LogP contribution in [0.15, 0.2) is 29.3 Å². The van der Waals surface area contributed by atoms with Crippen molar-refractivity contribution in [3.05, 3.63) is 35.4 Å². The van der Waals surface area contributed by atoms with Crippen LogP contribution < -0.4 is 0 Å². The smallest absolute Gasteiger partial charge is 0.0855 e. The summed E-state index contributed by atoms with van der Waals surface area (Å²) in [7, 11) is 0. The van der Waals surface area contributed by atoms with E-state index < -0.39 is 0 Å². The van der Waals surface area contributed by atoms with Gasteiger partial charge in [0.25, 0.3) is 0 Å². The first kappa shape index (κ1) is 9.14. The van der Waals surface area contributed by atoms with Crippen molar-refractivity contribution in [2.24, 2.45) is 4.99 Å². The number of rotatable bonds is 0. The first-order valence-corrected chi connectivity index (χ1v) is 6.03. The molecule has 0 unspecified atom stereocenters. The van der Waals surface area contributed by atoms with Gasteiger partial charge >= 0.3 is 0 Å². The summed E-state index contributed by atoms with van der Waals surface area (Å²) in [6, 6.07) is 8.86. The van der Waals surface area contributed by atoms with E-state index in [1.165, 1.54) is 43.2 Å². The molecule has 1 fully saturated rings. The molecule has 0 radical (unpaired) electrons. The fourth-order valence-electron chi connectivity index (χ4n) is 3.08. The van der Waals surface area contributed by atoms with Crippen molar-refractivity contribution in [2.45, 2.75) is 44.1 Å². The highest BCUT2D eigenvalue weighted by Gasteiger charge is 2.35. The highest BCUT2D eigenvalue weighted by Crippen LogP contribution is 2.43. The molecule has 1 aliphatic heterocycles. The van der Waals surface area contributed by atoms with E-state index in [2.05, 4.69) is 30.5 Å². The third-order valence-electron chi connectivity index (χ3n) is 3.85. The summed E-state index contributed by atoms with van der Waals surface area (Å²) in [5.74, 6) is 0. The number of fused-ring (bicyclic) bond motifs is 2. The Morgan fingerprint density at radius 3 is 2.67 bits per heavy atom. The molecule has 3 rings (SSSR count). The van der Waals surface area contributed by atoms with Gasteiger partial charge in [0.2, 0.25) is 0 Å². The molecule has 0 atom stereocenters. The summed E-state index contributed by atoms with van der Waals surface area (Å²) in [5.41, 5.74) is 3.16. The summed E-state index contributed by atoms with van der Waals surface area (Å²) < 4.78 is 0. The lowest BCUT2D eigenvalue weighted by atomic mass is 9.74. The Labute approximate surface area is 91.2 Å². The monoisotopic (exact) mass is 199 g/mol. The molecule has 1 nitrogen and oxygen atoms in total. The van der Waals surface area contributed by atoms with Crippen molar-refractivity contribution in [1.82, 2.24) is 0 Å². The van der Waals surface area contributed by atoms with Gasteiger partial charge < -0.3 is 0 Å². The highest BCUT2D eigenvalue weighted by molar-refractivity contribution is 5.66. The molecular formula is C14H17N. The second kappa shape index (κ2) is 3.48. The van der Waals surface area contributed by atoms with E-state index in [4.69, 9.17) is 4.99 Å². The lowest BCUT2D eigenvalue weighted by Crippen LogP contribution is -2.30. The number of benzene rings is 1.